The van der Waals surface area contributed by atoms with Crippen molar-refractivity contribution in [2.24, 2.45) is 0 Å². The SMILES string of the molecule is Cc1nc(Nc2ccc(N)nn2)sc1C. The first-order valence-corrected chi connectivity index (χ1v) is 5.27. The van der Waals surface area contributed by atoms with E-state index < -0.39 is 0 Å². The summed E-state index contributed by atoms with van der Waals surface area (Å²) >= 11 is 1.59. The van der Waals surface area contributed by atoms with Gasteiger partial charge in [-0.1, -0.05) is 0 Å². The van der Waals surface area contributed by atoms with Crippen LogP contribution in [0.1, 0.15) is 10.6 Å². The lowest BCUT2D eigenvalue weighted by Gasteiger charge is -1.99. The minimum atomic E-state index is 0.409. The zero-order valence-electron chi connectivity index (χ0n) is 8.48. The van der Waals surface area contributed by atoms with E-state index in [0.717, 1.165) is 10.8 Å². The van der Waals surface area contributed by atoms with Crippen LogP contribution < -0.4 is 11.1 Å². The number of nitrogens with zero attached hydrogens (tertiary/aromatic N) is 3. The van der Waals surface area contributed by atoms with Crippen molar-refractivity contribution < 1.29 is 0 Å². The predicted octanol–water partition coefficient (Wildman–Crippen LogP) is 1.88. The Labute approximate surface area is 91.4 Å². The largest absolute Gasteiger partial charge is 0.382 e. The molecule has 0 saturated carbocycles. The summed E-state index contributed by atoms with van der Waals surface area (Å²) in [7, 11) is 0. The summed E-state index contributed by atoms with van der Waals surface area (Å²) in [6.07, 6.45) is 0. The number of rotatable bonds is 2. The Hall–Kier alpha value is -1.69. The van der Waals surface area contributed by atoms with Crippen LogP contribution >= 0.6 is 11.3 Å². The van der Waals surface area contributed by atoms with Gasteiger partial charge in [0.1, 0.15) is 5.82 Å². The fourth-order valence-corrected chi connectivity index (χ4v) is 1.87. The first-order valence-electron chi connectivity index (χ1n) is 4.45. The highest BCUT2D eigenvalue weighted by atomic mass is 32.1. The minimum Gasteiger partial charge on any atom is -0.382 e. The van der Waals surface area contributed by atoms with Gasteiger partial charge in [-0.15, -0.1) is 21.5 Å². The summed E-state index contributed by atoms with van der Waals surface area (Å²) < 4.78 is 0. The lowest BCUT2D eigenvalue weighted by molar-refractivity contribution is 1.04. The molecule has 0 aliphatic carbocycles. The van der Waals surface area contributed by atoms with E-state index in [4.69, 9.17) is 5.73 Å². The molecule has 0 unspecified atom stereocenters. The van der Waals surface area contributed by atoms with Crippen LogP contribution in [-0.2, 0) is 0 Å². The van der Waals surface area contributed by atoms with Gasteiger partial charge in [0.25, 0.3) is 0 Å². The second kappa shape index (κ2) is 3.82. The molecule has 0 aliphatic rings. The molecule has 0 amide bonds. The third kappa shape index (κ3) is 2.21. The Morgan fingerprint density at radius 2 is 2.07 bits per heavy atom. The Kier molecular flexibility index (Phi) is 2.51. The Bertz CT molecular complexity index is 442. The van der Waals surface area contributed by atoms with Crippen LogP contribution in [0, 0.1) is 13.8 Å². The number of anilines is 3. The number of hydrogen-bond acceptors (Lipinski definition) is 6. The second-order valence-electron chi connectivity index (χ2n) is 3.13. The lowest BCUT2D eigenvalue weighted by atomic mass is 10.4. The molecule has 78 valence electrons. The molecule has 2 rings (SSSR count). The zero-order chi connectivity index (χ0) is 10.8. The number of nitrogen functional groups attached to an aromatic ring is 1. The molecule has 5 nitrogen and oxygen atoms in total. The summed E-state index contributed by atoms with van der Waals surface area (Å²) in [4.78, 5) is 5.53. The third-order valence-electron chi connectivity index (χ3n) is 1.95. The van der Waals surface area contributed by atoms with E-state index in [1.54, 1.807) is 23.5 Å². The average molecular weight is 221 g/mol. The fraction of sp³-hybridized carbons (Fsp3) is 0.222. The zero-order valence-corrected chi connectivity index (χ0v) is 9.30. The van der Waals surface area contributed by atoms with E-state index >= 15 is 0 Å². The van der Waals surface area contributed by atoms with Crippen LogP contribution in [0.4, 0.5) is 16.8 Å². The highest BCUT2D eigenvalue weighted by Crippen LogP contribution is 2.23. The monoisotopic (exact) mass is 221 g/mol. The van der Waals surface area contributed by atoms with Crippen molar-refractivity contribution >= 4 is 28.1 Å². The van der Waals surface area contributed by atoms with Crippen LogP contribution in [0.3, 0.4) is 0 Å². The molecule has 2 heterocycles. The van der Waals surface area contributed by atoms with Crippen molar-refractivity contribution in [1.29, 1.82) is 0 Å². The standard InChI is InChI=1S/C9H11N5S/c1-5-6(2)15-9(11-5)12-8-4-3-7(10)13-14-8/h3-4H,1-2H3,(H2,10,13)(H,11,12,14). The van der Waals surface area contributed by atoms with Gasteiger partial charge in [-0.2, -0.15) is 0 Å². The van der Waals surface area contributed by atoms with Gasteiger partial charge in [0.2, 0.25) is 0 Å². The van der Waals surface area contributed by atoms with Crippen molar-refractivity contribution in [3.8, 4) is 0 Å². The Morgan fingerprint density at radius 3 is 2.60 bits per heavy atom. The number of thiazole rings is 1. The van der Waals surface area contributed by atoms with E-state index in [1.807, 2.05) is 13.8 Å². The van der Waals surface area contributed by atoms with E-state index in [9.17, 15) is 0 Å². The predicted molar refractivity (Wildman–Crippen MR) is 61.3 cm³/mol. The van der Waals surface area contributed by atoms with Crippen LogP contribution in [0.25, 0.3) is 0 Å². The molecule has 15 heavy (non-hydrogen) atoms. The molecular weight excluding hydrogens is 210 g/mol. The molecule has 0 radical (unpaired) electrons. The van der Waals surface area contributed by atoms with Crippen molar-refractivity contribution in [2.45, 2.75) is 13.8 Å². The summed E-state index contributed by atoms with van der Waals surface area (Å²) in [5, 5.41) is 11.5. The first-order chi connectivity index (χ1) is 7.15. The summed E-state index contributed by atoms with van der Waals surface area (Å²) in [5.41, 5.74) is 6.47. The molecule has 0 fully saturated rings. The van der Waals surface area contributed by atoms with Gasteiger partial charge in [-0.3, -0.25) is 0 Å². The van der Waals surface area contributed by atoms with E-state index in [0.29, 0.717) is 11.6 Å². The van der Waals surface area contributed by atoms with E-state index in [1.165, 1.54) is 4.88 Å². The van der Waals surface area contributed by atoms with Crippen LogP contribution in [0.2, 0.25) is 0 Å². The highest BCUT2D eigenvalue weighted by molar-refractivity contribution is 7.15. The molecule has 0 aliphatic heterocycles. The number of aromatic nitrogens is 3. The van der Waals surface area contributed by atoms with Crippen LogP contribution in [0.5, 0.6) is 0 Å². The summed E-state index contributed by atoms with van der Waals surface area (Å²) in [5.74, 6) is 1.06. The maximum absolute atomic E-state index is 5.43. The minimum absolute atomic E-state index is 0.409. The van der Waals surface area contributed by atoms with Gasteiger partial charge in [0.05, 0.1) is 5.69 Å². The van der Waals surface area contributed by atoms with Crippen molar-refractivity contribution in [3.63, 3.8) is 0 Å². The molecule has 2 aromatic heterocycles. The fourth-order valence-electron chi connectivity index (χ4n) is 1.05. The Morgan fingerprint density at radius 1 is 1.27 bits per heavy atom. The molecule has 0 aromatic carbocycles. The van der Waals surface area contributed by atoms with Gasteiger partial charge in [0, 0.05) is 4.88 Å². The van der Waals surface area contributed by atoms with Crippen molar-refractivity contribution in [2.75, 3.05) is 11.1 Å². The van der Waals surface area contributed by atoms with E-state index in [2.05, 4.69) is 20.5 Å². The highest BCUT2D eigenvalue weighted by Gasteiger charge is 2.04. The van der Waals surface area contributed by atoms with Gasteiger partial charge < -0.3 is 11.1 Å². The molecule has 3 N–H and O–H groups in total. The smallest absolute Gasteiger partial charge is 0.188 e. The van der Waals surface area contributed by atoms with Gasteiger partial charge in [0.15, 0.2) is 10.9 Å². The quantitative estimate of drug-likeness (QED) is 0.809. The summed E-state index contributed by atoms with van der Waals surface area (Å²) in [6.45, 7) is 4.01. The summed E-state index contributed by atoms with van der Waals surface area (Å²) in [6, 6.07) is 3.47. The normalized spacial score (nSPS) is 10.3. The molecule has 6 heteroatoms. The molecule has 0 atom stereocenters. The molecule has 0 bridgehead atoms. The topological polar surface area (TPSA) is 76.7 Å². The lowest BCUT2D eigenvalue weighted by Crippen LogP contribution is -1.97. The molecule has 0 saturated heterocycles. The number of nitrogens with two attached hydrogens (primary N) is 1. The number of aryl methyl sites for hydroxylation is 2. The maximum atomic E-state index is 5.43. The first kappa shape index (κ1) is 9.85. The van der Waals surface area contributed by atoms with E-state index in [-0.39, 0.29) is 0 Å². The van der Waals surface area contributed by atoms with Gasteiger partial charge >= 0.3 is 0 Å². The second-order valence-corrected chi connectivity index (χ2v) is 4.33. The molecule has 2 aromatic rings. The van der Waals surface area contributed by atoms with Crippen LogP contribution in [0.15, 0.2) is 12.1 Å². The van der Waals surface area contributed by atoms with Crippen LogP contribution in [-0.4, -0.2) is 15.2 Å². The van der Waals surface area contributed by atoms with Gasteiger partial charge in [-0.25, -0.2) is 4.98 Å². The number of nitrogens with one attached hydrogen (secondary N) is 1. The molecular formula is C9H11N5S. The molecule has 0 spiro atoms. The Balaban J connectivity index is 2.18. The average Bonchev–Trinajstić information content (AvgIpc) is 2.50. The number of hydrogen-bond donors (Lipinski definition) is 2. The maximum Gasteiger partial charge on any atom is 0.188 e. The van der Waals surface area contributed by atoms with Crippen molar-refractivity contribution in [1.82, 2.24) is 15.2 Å². The van der Waals surface area contributed by atoms with Crippen molar-refractivity contribution in [3.05, 3.63) is 22.7 Å². The third-order valence-corrected chi connectivity index (χ3v) is 2.94. The van der Waals surface area contributed by atoms with Gasteiger partial charge in [-0.05, 0) is 26.0 Å².